The van der Waals surface area contributed by atoms with E-state index in [1.807, 2.05) is 0 Å². The summed E-state index contributed by atoms with van der Waals surface area (Å²) in [6, 6.07) is 0. The second kappa shape index (κ2) is 5.02. The average molecular weight is 132 g/mol. The van der Waals surface area contributed by atoms with Crippen LogP contribution in [0.4, 0.5) is 0 Å². The highest BCUT2D eigenvalue weighted by atomic mass is 28.2. The molecule has 0 radical (unpaired) electrons. The molecule has 1 N–H and O–H groups in total. The van der Waals surface area contributed by atoms with Crippen LogP contribution in [0.15, 0.2) is 12.3 Å². The van der Waals surface area contributed by atoms with Crippen molar-refractivity contribution in [3.63, 3.8) is 0 Å². The highest BCUT2D eigenvalue weighted by molar-refractivity contribution is 6.34. The van der Waals surface area contributed by atoms with Gasteiger partial charge in [-0.05, 0) is 6.92 Å². The van der Waals surface area contributed by atoms with Crippen molar-refractivity contribution >= 4 is 9.76 Å². The minimum Gasteiger partial charge on any atom is -0.417 e. The molecule has 0 fully saturated rings. The molecule has 0 aromatic carbocycles. The molecule has 0 aromatic heterocycles. The predicted octanol–water partition coefficient (Wildman–Crippen LogP) is -0.389. The molecule has 0 amide bonds. The topological polar surface area (TPSA) is 29.5 Å². The molecule has 0 saturated carbocycles. The van der Waals surface area contributed by atoms with Gasteiger partial charge in [0.1, 0.15) is 0 Å². The van der Waals surface area contributed by atoms with Gasteiger partial charge < -0.3 is 9.53 Å². The monoisotopic (exact) mass is 132 g/mol. The van der Waals surface area contributed by atoms with Crippen LogP contribution in [-0.4, -0.2) is 27.6 Å². The third-order valence-electron chi connectivity index (χ3n) is 0.595. The zero-order valence-electron chi connectivity index (χ0n) is 5.13. The summed E-state index contributed by atoms with van der Waals surface area (Å²) in [6.45, 7) is 5.68. The highest BCUT2D eigenvalue weighted by Crippen LogP contribution is 1.79. The van der Waals surface area contributed by atoms with Crippen molar-refractivity contribution in [2.45, 2.75) is 13.0 Å². The standard InChI is InChI=1S/C5H12O2Si/c1-3-8-7-4-5(2)6/h3,5-6H,1,4,8H2,2H3. The lowest BCUT2D eigenvalue weighted by Crippen LogP contribution is -2.11. The van der Waals surface area contributed by atoms with E-state index in [9.17, 15) is 0 Å². The third-order valence-corrected chi connectivity index (χ3v) is 1.30. The Labute approximate surface area is 52.1 Å². The Hall–Kier alpha value is -0.123. The van der Waals surface area contributed by atoms with Crippen LogP contribution in [0.3, 0.4) is 0 Å². The normalized spacial score (nSPS) is 14.8. The number of aliphatic hydroxyl groups is 1. The molecule has 0 rings (SSSR count). The van der Waals surface area contributed by atoms with Gasteiger partial charge in [0, 0.05) is 0 Å². The summed E-state index contributed by atoms with van der Waals surface area (Å²) in [7, 11) is -0.517. The van der Waals surface area contributed by atoms with Crippen LogP contribution < -0.4 is 0 Å². The molecule has 3 heteroatoms. The van der Waals surface area contributed by atoms with E-state index in [0.29, 0.717) is 6.61 Å². The third kappa shape index (κ3) is 5.88. The minimum atomic E-state index is -0.517. The van der Waals surface area contributed by atoms with Crippen molar-refractivity contribution in [1.82, 2.24) is 0 Å². The molecule has 48 valence electrons. The van der Waals surface area contributed by atoms with E-state index in [0.717, 1.165) is 0 Å². The van der Waals surface area contributed by atoms with Gasteiger partial charge >= 0.3 is 0 Å². The maximum Gasteiger partial charge on any atom is 0.184 e. The zero-order valence-corrected chi connectivity index (χ0v) is 6.55. The van der Waals surface area contributed by atoms with Gasteiger partial charge in [0.05, 0.1) is 12.7 Å². The lowest BCUT2D eigenvalue weighted by molar-refractivity contribution is 0.126. The van der Waals surface area contributed by atoms with Gasteiger partial charge in [0.2, 0.25) is 0 Å². The summed E-state index contributed by atoms with van der Waals surface area (Å²) in [6.07, 6.45) is -0.331. The van der Waals surface area contributed by atoms with E-state index < -0.39 is 9.76 Å². The second-order valence-corrected chi connectivity index (χ2v) is 2.99. The second-order valence-electron chi connectivity index (χ2n) is 1.68. The summed E-state index contributed by atoms with van der Waals surface area (Å²) >= 11 is 0. The highest BCUT2D eigenvalue weighted by Gasteiger charge is 1.90. The average Bonchev–Trinajstić information content (AvgIpc) is 1.66. The van der Waals surface area contributed by atoms with E-state index in [2.05, 4.69) is 6.58 Å². The predicted molar refractivity (Wildman–Crippen MR) is 36.4 cm³/mol. The van der Waals surface area contributed by atoms with Gasteiger partial charge in [-0.25, -0.2) is 0 Å². The first-order valence-electron chi connectivity index (χ1n) is 2.64. The van der Waals surface area contributed by atoms with Crippen molar-refractivity contribution in [2.24, 2.45) is 0 Å². The number of hydrogen-bond acceptors (Lipinski definition) is 2. The Morgan fingerprint density at radius 2 is 2.62 bits per heavy atom. The molecule has 0 aromatic rings. The molecule has 0 spiro atoms. The van der Waals surface area contributed by atoms with Crippen molar-refractivity contribution in [3.8, 4) is 0 Å². The van der Waals surface area contributed by atoms with Crippen LogP contribution in [0, 0.1) is 0 Å². The lowest BCUT2D eigenvalue weighted by Gasteiger charge is -2.01. The fourth-order valence-electron chi connectivity index (χ4n) is 0.322. The molecule has 0 aliphatic rings. The molecule has 1 atom stereocenters. The van der Waals surface area contributed by atoms with Crippen LogP contribution in [0.1, 0.15) is 6.92 Å². The minimum absolute atomic E-state index is 0.331. The van der Waals surface area contributed by atoms with E-state index >= 15 is 0 Å². The van der Waals surface area contributed by atoms with Crippen LogP contribution in [0.25, 0.3) is 0 Å². The zero-order chi connectivity index (χ0) is 6.41. The maximum atomic E-state index is 8.64. The van der Waals surface area contributed by atoms with E-state index in [1.54, 1.807) is 12.6 Å². The summed E-state index contributed by atoms with van der Waals surface area (Å²) in [5, 5.41) is 8.64. The first-order valence-corrected chi connectivity index (χ1v) is 4.03. The molecule has 0 aliphatic carbocycles. The van der Waals surface area contributed by atoms with E-state index in [1.165, 1.54) is 0 Å². The molecule has 8 heavy (non-hydrogen) atoms. The molecule has 1 unspecified atom stereocenters. The Balaban J connectivity index is 2.81. The number of rotatable bonds is 4. The lowest BCUT2D eigenvalue weighted by atomic mass is 10.5. The van der Waals surface area contributed by atoms with Crippen LogP contribution in [0.2, 0.25) is 0 Å². The fourth-order valence-corrected chi connectivity index (χ4v) is 0.966. The molecule has 0 saturated heterocycles. The van der Waals surface area contributed by atoms with Crippen molar-refractivity contribution in [2.75, 3.05) is 6.61 Å². The maximum absolute atomic E-state index is 8.64. The van der Waals surface area contributed by atoms with E-state index in [-0.39, 0.29) is 6.10 Å². The van der Waals surface area contributed by atoms with Crippen LogP contribution in [0.5, 0.6) is 0 Å². The van der Waals surface area contributed by atoms with Gasteiger partial charge in [-0.3, -0.25) is 0 Å². The van der Waals surface area contributed by atoms with Crippen LogP contribution >= 0.6 is 0 Å². The first-order chi connectivity index (χ1) is 3.77. The van der Waals surface area contributed by atoms with Crippen molar-refractivity contribution in [3.05, 3.63) is 12.3 Å². The number of aliphatic hydroxyl groups excluding tert-OH is 1. The van der Waals surface area contributed by atoms with Gasteiger partial charge in [-0.1, -0.05) is 5.70 Å². The quantitative estimate of drug-likeness (QED) is 0.417. The summed E-state index contributed by atoms with van der Waals surface area (Å²) in [4.78, 5) is 0. The first kappa shape index (κ1) is 7.88. The molecular formula is C5H12O2Si. The Morgan fingerprint density at radius 3 is 3.00 bits per heavy atom. The largest absolute Gasteiger partial charge is 0.417 e. The van der Waals surface area contributed by atoms with Crippen LogP contribution in [-0.2, 0) is 4.43 Å². The Kier molecular flexibility index (Phi) is 4.95. The summed E-state index contributed by atoms with van der Waals surface area (Å²) in [5.41, 5.74) is 1.79. The summed E-state index contributed by atoms with van der Waals surface area (Å²) in [5.74, 6) is 0. The molecule has 0 aliphatic heterocycles. The smallest absolute Gasteiger partial charge is 0.184 e. The van der Waals surface area contributed by atoms with Crippen molar-refractivity contribution in [1.29, 1.82) is 0 Å². The van der Waals surface area contributed by atoms with Crippen molar-refractivity contribution < 1.29 is 9.53 Å². The van der Waals surface area contributed by atoms with Gasteiger partial charge in [-0.2, -0.15) is 0 Å². The fraction of sp³-hybridized carbons (Fsp3) is 0.600. The molecule has 0 heterocycles. The Morgan fingerprint density at radius 1 is 2.00 bits per heavy atom. The van der Waals surface area contributed by atoms with Gasteiger partial charge in [-0.15, -0.1) is 6.58 Å². The SMILES string of the molecule is C=C[SiH2]OCC(C)O. The summed E-state index contributed by atoms with van der Waals surface area (Å²) < 4.78 is 5.02. The van der Waals surface area contributed by atoms with Gasteiger partial charge in [0.25, 0.3) is 0 Å². The van der Waals surface area contributed by atoms with E-state index in [4.69, 9.17) is 9.53 Å². The molecular weight excluding hydrogens is 120 g/mol. The number of hydrogen-bond donors (Lipinski definition) is 1. The molecule has 0 bridgehead atoms. The Bertz CT molecular complexity index is 63.4. The molecule has 2 nitrogen and oxygen atoms in total. The van der Waals surface area contributed by atoms with Gasteiger partial charge in [0.15, 0.2) is 9.76 Å².